The van der Waals surface area contributed by atoms with E-state index in [2.05, 4.69) is 60.1 Å². The molecule has 1 aliphatic rings. The minimum Gasteiger partial charge on any atom is -0.380 e. The van der Waals surface area contributed by atoms with E-state index in [1.807, 2.05) is 0 Å². The SMILES string of the molecule is CCCCB1C(C(C)(C)C)B(CCCC)N1C(C)(C)C. The molecule has 0 bridgehead atoms. The molecule has 1 saturated heterocycles. The first-order valence-corrected chi connectivity index (χ1v) is 8.93. The first-order valence-electron chi connectivity index (χ1n) is 8.93. The minimum absolute atomic E-state index is 0.318. The lowest BCUT2D eigenvalue weighted by atomic mass is 9.11. The summed E-state index contributed by atoms with van der Waals surface area (Å²) in [5.41, 5.74) is 1.64. The van der Waals surface area contributed by atoms with Crippen molar-refractivity contribution < 1.29 is 0 Å². The smallest absolute Gasteiger partial charge is 0.209 e. The van der Waals surface area contributed by atoms with Crippen molar-refractivity contribution in [1.82, 2.24) is 4.72 Å². The van der Waals surface area contributed by atoms with Crippen molar-refractivity contribution >= 4 is 13.7 Å². The number of hydrogen-bond acceptors (Lipinski definition) is 1. The standard InChI is InChI=1S/C17H37B2N/c1-9-11-13-18-15(16(3,4)5)19(14-12-10-2)20(18)17(6,7)8/h15H,9-14H2,1-8H3. The van der Waals surface area contributed by atoms with Gasteiger partial charge in [-0.15, -0.1) is 0 Å². The lowest BCUT2D eigenvalue weighted by Gasteiger charge is -2.62. The maximum atomic E-state index is 2.86. The molecule has 0 atom stereocenters. The Morgan fingerprint density at radius 3 is 1.45 bits per heavy atom. The molecule has 20 heavy (non-hydrogen) atoms. The zero-order chi connectivity index (χ0) is 15.6. The van der Waals surface area contributed by atoms with Crippen LogP contribution in [0.1, 0.15) is 81.1 Å². The van der Waals surface area contributed by atoms with E-state index in [0.29, 0.717) is 11.0 Å². The van der Waals surface area contributed by atoms with Gasteiger partial charge in [-0.1, -0.05) is 72.9 Å². The predicted molar refractivity (Wildman–Crippen MR) is 95.7 cm³/mol. The van der Waals surface area contributed by atoms with Crippen molar-refractivity contribution in [2.24, 2.45) is 5.41 Å². The summed E-state index contributed by atoms with van der Waals surface area (Å²) in [6.45, 7) is 20.8. The molecule has 0 aliphatic carbocycles. The van der Waals surface area contributed by atoms with E-state index in [4.69, 9.17) is 0 Å². The van der Waals surface area contributed by atoms with Crippen LogP contribution in [0.2, 0.25) is 18.4 Å². The Morgan fingerprint density at radius 1 is 0.800 bits per heavy atom. The van der Waals surface area contributed by atoms with Gasteiger partial charge in [0, 0.05) is 0 Å². The monoisotopic (exact) mass is 277 g/mol. The van der Waals surface area contributed by atoms with Crippen LogP contribution in [-0.2, 0) is 0 Å². The van der Waals surface area contributed by atoms with Gasteiger partial charge in [0.25, 0.3) is 0 Å². The first-order chi connectivity index (χ1) is 9.14. The molecule has 0 aromatic heterocycles. The number of unbranched alkanes of at least 4 members (excludes halogenated alkanes) is 2. The molecule has 1 fully saturated rings. The molecule has 3 heteroatoms. The molecule has 0 aromatic carbocycles. The van der Waals surface area contributed by atoms with Gasteiger partial charge in [-0.25, -0.2) is 0 Å². The van der Waals surface area contributed by atoms with Crippen LogP contribution >= 0.6 is 0 Å². The van der Waals surface area contributed by atoms with E-state index in [9.17, 15) is 0 Å². The van der Waals surface area contributed by atoms with Crippen molar-refractivity contribution in [2.75, 3.05) is 0 Å². The lowest BCUT2D eigenvalue weighted by Crippen LogP contribution is -2.75. The summed E-state index contributed by atoms with van der Waals surface area (Å²) >= 11 is 0. The molecule has 1 heterocycles. The van der Waals surface area contributed by atoms with E-state index in [1.165, 1.54) is 38.3 Å². The van der Waals surface area contributed by atoms with E-state index >= 15 is 0 Å². The predicted octanol–water partition coefficient (Wildman–Crippen LogP) is 5.64. The molecule has 0 N–H and O–H groups in total. The van der Waals surface area contributed by atoms with Gasteiger partial charge in [0.2, 0.25) is 13.7 Å². The van der Waals surface area contributed by atoms with Gasteiger partial charge in [0.15, 0.2) is 0 Å². The minimum atomic E-state index is 0.318. The number of nitrogens with zero attached hydrogens (tertiary/aromatic N) is 1. The van der Waals surface area contributed by atoms with Crippen molar-refractivity contribution in [3.05, 3.63) is 0 Å². The number of hydrogen-bond donors (Lipinski definition) is 0. The van der Waals surface area contributed by atoms with Gasteiger partial charge < -0.3 is 4.72 Å². The Labute approximate surface area is 129 Å². The maximum Gasteiger partial charge on any atom is 0.209 e. The van der Waals surface area contributed by atoms with Crippen LogP contribution in [0.3, 0.4) is 0 Å². The fourth-order valence-electron chi connectivity index (χ4n) is 4.36. The Hall–Kier alpha value is 0.0899. The summed E-state index contributed by atoms with van der Waals surface area (Å²) in [6.07, 6.45) is 8.18. The van der Waals surface area contributed by atoms with Crippen LogP contribution in [0.15, 0.2) is 0 Å². The molecule has 1 rings (SSSR count). The zero-order valence-corrected chi connectivity index (χ0v) is 15.4. The van der Waals surface area contributed by atoms with Crippen molar-refractivity contribution in [1.29, 1.82) is 0 Å². The molecule has 0 saturated carbocycles. The second kappa shape index (κ2) is 6.90. The summed E-state index contributed by atoms with van der Waals surface area (Å²) < 4.78 is 2.86. The third kappa shape index (κ3) is 4.06. The molecule has 0 spiro atoms. The Morgan fingerprint density at radius 2 is 1.20 bits per heavy atom. The fraction of sp³-hybridized carbons (Fsp3) is 1.00. The van der Waals surface area contributed by atoms with E-state index in [1.54, 1.807) is 0 Å². The van der Waals surface area contributed by atoms with E-state index in [-0.39, 0.29) is 0 Å². The highest BCUT2D eigenvalue weighted by atomic mass is 15.1. The Balaban J connectivity index is 2.91. The van der Waals surface area contributed by atoms with Crippen molar-refractivity contribution in [2.45, 2.75) is 105 Å². The first kappa shape index (κ1) is 18.1. The van der Waals surface area contributed by atoms with Crippen LogP contribution in [0.4, 0.5) is 0 Å². The summed E-state index contributed by atoms with van der Waals surface area (Å²) in [4.78, 5) is 0. The van der Waals surface area contributed by atoms with Crippen LogP contribution in [-0.4, -0.2) is 24.0 Å². The second-order valence-corrected chi connectivity index (χ2v) is 8.89. The lowest BCUT2D eigenvalue weighted by molar-refractivity contribution is 0.290. The highest BCUT2D eigenvalue weighted by molar-refractivity contribution is 6.93. The average molecular weight is 277 g/mol. The quantitative estimate of drug-likeness (QED) is 0.568. The third-order valence-corrected chi connectivity index (χ3v) is 5.03. The van der Waals surface area contributed by atoms with Gasteiger partial charge in [-0.3, -0.25) is 0 Å². The van der Waals surface area contributed by atoms with Gasteiger partial charge in [0.05, 0.1) is 0 Å². The van der Waals surface area contributed by atoms with E-state index in [0.717, 1.165) is 19.4 Å². The highest BCUT2D eigenvalue weighted by Gasteiger charge is 2.59. The summed E-state index contributed by atoms with van der Waals surface area (Å²) in [6, 6.07) is 0. The Kier molecular flexibility index (Phi) is 6.26. The molecule has 0 radical (unpaired) electrons. The number of rotatable bonds is 6. The fourth-order valence-corrected chi connectivity index (χ4v) is 4.36. The van der Waals surface area contributed by atoms with Crippen LogP contribution in [0.25, 0.3) is 0 Å². The molecule has 1 nitrogen and oxygen atoms in total. The topological polar surface area (TPSA) is 3.24 Å². The second-order valence-electron chi connectivity index (χ2n) is 8.89. The Bertz CT molecular complexity index is 252. The largest absolute Gasteiger partial charge is 0.380 e. The molecular weight excluding hydrogens is 240 g/mol. The summed E-state index contributed by atoms with van der Waals surface area (Å²) in [5, 5.41) is 0. The maximum absolute atomic E-state index is 2.86. The molecule has 1 aliphatic heterocycles. The summed E-state index contributed by atoms with van der Waals surface area (Å²) in [5.74, 6) is 0. The van der Waals surface area contributed by atoms with Crippen molar-refractivity contribution in [3.63, 3.8) is 0 Å². The molecular formula is C17H37B2N. The van der Waals surface area contributed by atoms with Gasteiger partial charge in [-0.05, 0) is 37.4 Å². The molecule has 0 unspecified atom stereocenters. The zero-order valence-electron chi connectivity index (χ0n) is 15.4. The van der Waals surface area contributed by atoms with Crippen molar-refractivity contribution in [3.8, 4) is 0 Å². The molecule has 116 valence electrons. The van der Waals surface area contributed by atoms with Gasteiger partial charge >= 0.3 is 0 Å². The van der Waals surface area contributed by atoms with Crippen LogP contribution in [0, 0.1) is 5.41 Å². The molecule has 0 amide bonds. The van der Waals surface area contributed by atoms with Gasteiger partial charge in [-0.2, -0.15) is 0 Å². The van der Waals surface area contributed by atoms with E-state index < -0.39 is 0 Å². The average Bonchev–Trinajstić information content (AvgIpc) is 2.22. The third-order valence-electron chi connectivity index (χ3n) is 5.03. The van der Waals surface area contributed by atoms with Crippen LogP contribution < -0.4 is 0 Å². The normalized spacial score (nSPS) is 18.6. The summed E-state index contributed by atoms with van der Waals surface area (Å²) in [7, 11) is 0. The van der Waals surface area contributed by atoms with Crippen LogP contribution in [0.5, 0.6) is 0 Å². The van der Waals surface area contributed by atoms with Gasteiger partial charge in [0.1, 0.15) is 0 Å². The molecule has 0 aromatic rings. The highest BCUT2D eigenvalue weighted by Crippen LogP contribution is 2.51.